The Morgan fingerprint density at radius 2 is 1.40 bits per heavy atom. The first-order valence-corrected chi connectivity index (χ1v) is 5.89. The van der Waals surface area contributed by atoms with Crippen molar-refractivity contribution in [3.8, 4) is 0 Å². The van der Waals surface area contributed by atoms with Gasteiger partial charge in [-0.1, -0.05) is 13.8 Å². The summed E-state index contributed by atoms with van der Waals surface area (Å²) in [5.41, 5.74) is 5.03. The van der Waals surface area contributed by atoms with E-state index in [9.17, 15) is 19.2 Å². The lowest BCUT2D eigenvalue weighted by Gasteiger charge is -2.29. The number of carbonyl (C=O) groups is 4. The Morgan fingerprint density at radius 3 is 1.70 bits per heavy atom. The van der Waals surface area contributed by atoms with Gasteiger partial charge >= 0.3 is 18.0 Å². The number of nitrogens with two attached hydrogens (primary N) is 1. The molecule has 9 heteroatoms. The number of hydrogen-bond donors (Lipinski definition) is 3. The lowest BCUT2D eigenvalue weighted by molar-refractivity contribution is -0.140. The number of carboxylic acid groups (broad SMARTS) is 2. The average Bonchev–Trinajstić information content (AvgIpc) is 2.23. The number of aliphatic carboxylic acids is 2. The molecule has 4 N–H and O–H groups in total. The summed E-state index contributed by atoms with van der Waals surface area (Å²) in [6.07, 6.45) is 0. The molecule has 0 spiro atoms. The molecular weight excluding hydrogens is 270 g/mol. The number of urea groups is 1. The molecule has 9 nitrogen and oxygen atoms in total. The van der Waals surface area contributed by atoms with Crippen LogP contribution in [0, 0.1) is 5.92 Å². The maximum Gasteiger partial charge on any atom is 0.323 e. The van der Waals surface area contributed by atoms with Crippen LogP contribution in [0.25, 0.3) is 0 Å². The van der Waals surface area contributed by atoms with Gasteiger partial charge in [0.05, 0.1) is 0 Å². The largest absolute Gasteiger partial charge is 0.480 e. The molecule has 0 aromatic rings. The van der Waals surface area contributed by atoms with Crippen molar-refractivity contribution in [2.24, 2.45) is 11.7 Å². The standard InChI is InChI=1S/C11H19N3O6/c1-7(2)3-13(4-8(12)15)11(20)14(5-9(16)17)6-10(18)19/h7H,3-6H2,1-2H3,(H2,12,15)(H,16,17)(H,18,19). The topological polar surface area (TPSA) is 141 Å². The summed E-state index contributed by atoms with van der Waals surface area (Å²) in [4.78, 5) is 46.0. The van der Waals surface area contributed by atoms with Crippen LogP contribution in [-0.2, 0) is 14.4 Å². The van der Waals surface area contributed by atoms with E-state index < -0.39 is 43.5 Å². The SMILES string of the molecule is CC(C)CN(CC(N)=O)C(=O)N(CC(=O)O)CC(=O)O. The predicted molar refractivity (Wildman–Crippen MR) is 67.8 cm³/mol. The summed E-state index contributed by atoms with van der Waals surface area (Å²) >= 11 is 0. The molecule has 20 heavy (non-hydrogen) atoms. The fourth-order valence-electron chi connectivity index (χ4n) is 1.56. The third-order valence-corrected chi connectivity index (χ3v) is 2.13. The highest BCUT2D eigenvalue weighted by Crippen LogP contribution is 2.04. The van der Waals surface area contributed by atoms with Crippen LogP contribution in [0.4, 0.5) is 4.79 Å². The van der Waals surface area contributed by atoms with Gasteiger partial charge in [-0.15, -0.1) is 0 Å². The van der Waals surface area contributed by atoms with Crippen molar-refractivity contribution >= 4 is 23.9 Å². The normalized spacial score (nSPS) is 10.2. The van der Waals surface area contributed by atoms with Gasteiger partial charge < -0.3 is 25.7 Å². The maximum atomic E-state index is 12.1. The summed E-state index contributed by atoms with van der Waals surface area (Å²) in [5.74, 6) is -3.44. The quantitative estimate of drug-likeness (QED) is 0.524. The Bertz CT molecular complexity index is 380. The van der Waals surface area contributed by atoms with Gasteiger partial charge in [0.25, 0.3) is 0 Å². The summed E-state index contributed by atoms with van der Waals surface area (Å²) < 4.78 is 0. The van der Waals surface area contributed by atoms with E-state index in [-0.39, 0.29) is 12.5 Å². The molecule has 0 saturated carbocycles. The van der Waals surface area contributed by atoms with Crippen LogP contribution < -0.4 is 5.73 Å². The first-order valence-electron chi connectivity index (χ1n) is 5.89. The Morgan fingerprint density at radius 1 is 0.950 bits per heavy atom. The van der Waals surface area contributed by atoms with Gasteiger partial charge in [-0.25, -0.2) is 4.79 Å². The van der Waals surface area contributed by atoms with E-state index in [1.165, 1.54) is 0 Å². The Hall–Kier alpha value is -2.32. The predicted octanol–water partition coefficient (Wildman–Crippen LogP) is -0.979. The van der Waals surface area contributed by atoms with Crippen molar-refractivity contribution in [2.75, 3.05) is 26.2 Å². The second-order valence-corrected chi connectivity index (χ2v) is 4.67. The van der Waals surface area contributed by atoms with Gasteiger partial charge in [-0.2, -0.15) is 0 Å². The van der Waals surface area contributed by atoms with Crippen LogP contribution in [0.1, 0.15) is 13.8 Å². The molecule has 3 amide bonds. The fourth-order valence-corrected chi connectivity index (χ4v) is 1.56. The highest BCUT2D eigenvalue weighted by molar-refractivity contribution is 5.87. The highest BCUT2D eigenvalue weighted by Gasteiger charge is 2.26. The summed E-state index contributed by atoms with van der Waals surface area (Å²) in [5, 5.41) is 17.4. The lowest BCUT2D eigenvalue weighted by atomic mass is 10.2. The van der Waals surface area contributed by atoms with E-state index >= 15 is 0 Å². The van der Waals surface area contributed by atoms with Gasteiger partial charge in [0.15, 0.2) is 0 Å². The average molecular weight is 289 g/mol. The van der Waals surface area contributed by atoms with Gasteiger partial charge in [-0.05, 0) is 5.92 Å². The van der Waals surface area contributed by atoms with Crippen LogP contribution in [0.5, 0.6) is 0 Å². The van der Waals surface area contributed by atoms with E-state index in [4.69, 9.17) is 15.9 Å². The number of nitrogens with zero attached hydrogens (tertiary/aromatic N) is 2. The first-order chi connectivity index (χ1) is 9.13. The molecule has 0 heterocycles. The minimum atomic E-state index is -1.34. The van der Waals surface area contributed by atoms with E-state index in [1.54, 1.807) is 13.8 Å². The molecule has 0 fully saturated rings. The molecule has 0 atom stereocenters. The number of carbonyl (C=O) groups excluding carboxylic acids is 2. The maximum absolute atomic E-state index is 12.1. The number of rotatable bonds is 8. The van der Waals surface area contributed by atoms with Gasteiger partial charge in [0.1, 0.15) is 19.6 Å². The smallest absolute Gasteiger partial charge is 0.323 e. The van der Waals surface area contributed by atoms with Crippen LogP contribution in [0.3, 0.4) is 0 Å². The number of primary amides is 1. The minimum absolute atomic E-state index is 0.00908. The van der Waals surface area contributed by atoms with Crippen molar-refractivity contribution in [1.29, 1.82) is 0 Å². The highest BCUT2D eigenvalue weighted by atomic mass is 16.4. The number of hydrogen-bond acceptors (Lipinski definition) is 4. The molecular formula is C11H19N3O6. The molecule has 114 valence electrons. The summed E-state index contributed by atoms with van der Waals surface area (Å²) in [7, 11) is 0. The van der Waals surface area contributed by atoms with Crippen LogP contribution in [-0.4, -0.2) is 70.1 Å². The zero-order chi connectivity index (χ0) is 15.9. The van der Waals surface area contributed by atoms with Crippen molar-refractivity contribution in [1.82, 2.24) is 9.80 Å². The number of carboxylic acids is 2. The van der Waals surface area contributed by atoms with Gasteiger partial charge in [-0.3, -0.25) is 14.4 Å². The third kappa shape index (κ3) is 7.19. The molecule has 0 rings (SSSR count). The lowest BCUT2D eigenvalue weighted by Crippen LogP contribution is -2.50. The second-order valence-electron chi connectivity index (χ2n) is 4.67. The number of amides is 3. The van der Waals surface area contributed by atoms with E-state index in [0.717, 1.165) is 4.90 Å². The zero-order valence-corrected chi connectivity index (χ0v) is 11.4. The third-order valence-electron chi connectivity index (χ3n) is 2.13. The van der Waals surface area contributed by atoms with Crippen molar-refractivity contribution in [3.05, 3.63) is 0 Å². The fraction of sp³-hybridized carbons (Fsp3) is 0.636. The van der Waals surface area contributed by atoms with E-state index in [1.807, 2.05) is 0 Å². The molecule has 0 aliphatic heterocycles. The minimum Gasteiger partial charge on any atom is -0.480 e. The summed E-state index contributed by atoms with van der Waals surface area (Å²) in [6.45, 7) is 1.82. The van der Waals surface area contributed by atoms with Gasteiger partial charge in [0, 0.05) is 6.54 Å². The molecule has 0 unspecified atom stereocenters. The van der Waals surface area contributed by atoms with Gasteiger partial charge in [0.2, 0.25) is 5.91 Å². The van der Waals surface area contributed by atoms with Crippen molar-refractivity contribution < 1.29 is 29.4 Å². The summed E-state index contributed by atoms with van der Waals surface area (Å²) in [6, 6.07) is -0.845. The molecule has 0 aromatic carbocycles. The van der Waals surface area contributed by atoms with Crippen molar-refractivity contribution in [2.45, 2.75) is 13.8 Å². The zero-order valence-electron chi connectivity index (χ0n) is 11.4. The molecule has 0 aromatic heterocycles. The van der Waals surface area contributed by atoms with E-state index in [0.29, 0.717) is 4.90 Å². The van der Waals surface area contributed by atoms with Crippen LogP contribution in [0.15, 0.2) is 0 Å². The Kier molecular flexibility index (Phi) is 7.05. The Labute approximate surface area is 115 Å². The monoisotopic (exact) mass is 289 g/mol. The van der Waals surface area contributed by atoms with Crippen LogP contribution in [0.2, 0.25) is 0 Å². The van der Waals surface area contributed by atoms with Crippen molar-refractivity contribution in [3.63, 3.8) is 0 Å². The molecule has 0 saturated heterocycles. The van der Waals surface area contributed by atoms with E-state index in [2.05, 4.69) is 0 Å². The Balaban J connectivity index is 5.05. The first kappa shape index (κ1) is 17.7. The molecule has 0 aliphatic rings. The molecule has 0 aliphatic carbocycles. The second kappa shape index (κ2) is 7.97. The molecule has 0 bridgehead atoms. The molecule has 0 radical (unpaired) electrons. The van der Waals surface area contributed by atoms with Crippen LogP contribution >= 0.6 is 0 Å².